The number of benzene rings is 1. The molecular weight excluding hydrogens is 273 g/mol. The van der Waals surface area contributed by atoms with Crippen molar-refractivity contribution in [3.63, 3.8) is 0 Å². The SMILES string of the molecule is CCOCCS(=O)(=O)Nc1cccc(F)c1C(=N)N. The van der Waals surface area contributed by atoms with Crippen molar-refractivity contribution < 1.29 is 17.5 Å². The number of hydrogen-bond donors (Lipinski definition) is 3. The van der Waals surface area contributed by atoms with Crippen molar-refractivity contribution in [3.8, 4) is 0 Å². The van der Waals surface area contributed by atoms with Gasteiger partial charge in [0.25, 0.3) is 0 Å². The molecule has 0 aliphatic rings. The average molecular weight is 289 g/mol. The fourth-order valence-corrected chi connectivity index (χ4v) is 2.36. The molecule has 106 valence electrons. The van der Waals surface area contributed by atoms with Gasteiger partial charge in [-0.05, 0) is 19.1 Å². The number of sulfonamides is 1. The van der Waals surface area contributed by atoms with E-state index >= 15 is 0 Å². The van der Waals surface area contributed by atoms with E-state index in [4.69, 9.17) is 15.9 Å². The highest BCUT2D eigenvalue weighted by atomic mass is 32.2. The predicted octanol–water partition coefficient (Wildman–Crippen LogP) is 0.888. The van der Waals surface area contributed by atoms with Crippen LogP contribution in [0.25, 0.3) is 0 Å². The Morgan fingerprint density at radius 2 is 2.21 bits per heavy atom. The molecule has 1 aromatic rings. The van der Waals surface area contributed by atoms with Crippen LogP contribution in [0.1, 0.15) is 12.5 Å². The molecule has 0 saturated carbocycles. The maximum Gasteiger partial charge on any atom is 0.235 e. The Morgan fingerprint density at radius 1 is 1.53 bits per heavy atom. The van der Waals surface area contributed by atoms with Gasteiger partial charge < -0.3 is 10.5 Å². The highest BCUT2D eigenvalue weighted by Crippen LogP contribution is 2.19. The first-order chi connectivity index (χ1) is 8.87. The van der Waals surface area contributed by atoms with E-state index in [1.165, 1.54) is 12.1 Å². The van der Waals surface area contributed by atoms with E-state index in [0.29, 0.717) is 6.61 Å². The lowest BCUT2D eigenvalue weighted by molar-refractivity contribution is 0.163. The minimum absolute atomic E-state index is 0.0382. The molecule has 6 nitrogen and oxygen atoms in total. The Bertz CT molecular complexity index is 560. The highest BCUT2D eigenvalue weighted by Gasteiger charge is 2.16. The Kier molecular flexibility index (Phi) is 5.25. The van der Waals surface area contributed by atoms with E-state index in [0.717, 1.165) is 6.07 Å². The zero-order valence-electron chi connectivity index (χ0n) is 10.4. The van der Waals surface area contributed by atoms with E-state index in [1.807, 2.05) is 0 Å². The van der Waals surface area contributed by atoms with Crippen LogP contribution in [0.4, 0.5) is 10.1 Å². The summed E-state index contributed by atoms with van der Waals surface area (Å²) in [5, 5.41) is 7.27. The number of nitrogen functional groups attached to an aromatic ring is 1. The summed E-state index contributed by atoms with van der Waals surface area (Å²) in [4.78, 5) is 0. The van der Waals surface area contributed by atoms with Gasteiger partial charge in [0.15, 0.2) is 0 Å². The minimum Gasteiger partial charge on any atom is -0.384 e. The largest absolute Gasteiger partial charge is 0.384 e. The average Bonchev–Trinajstić information content (AvgIpc) is 2.27. The quantitative estimate of drug-likeness (QED) is 0.394. The Balaban J connectivity index is 2.93. The van der Waals surface area contributed by atoms with Gasteiger partial charge in [0.1, 0.15) is 11.7 Å². The maximum atomic E-state index is 13.5. The number of rotatable bonds is 7. The summed E-state index contributed by atoms with van der Waals surface area (Å²) in [5.41, 5.74) is 4.93. The van der Waals surface area contributed by atoms with E-state index in [1.54, 1.807) is 6.92 Å². The molecule has 0 unspecified atom stereocenters. The molecular formula is C11H16FN3O3S. The van der Waals surface area contributed by atoms with Crippen molar-refractivity contribution in [3.05, 3.63) is 29.6 Å². The summed E-state index contributed by atoms with van der Waals surface area (Å²) in [6.07, 6.45) is 0. The third-order valence-electron chi connectivity index (χ3n) is 2.25. The van der Waals surface area contributed by atoms with Crippen LogP contribution in [0.15, 0.2) is 18.2 Å². The van der Waals surface area contributed by atoms with Crippen molar-refractivity contribution in [2.75, 3.05) is 23.7 Å². The Morgan fingerprint density at radius 3 is 2.79 bits per heavy atom. The molecule has 0 heterocycles. The monoisotopic (exact) mass is 289 g/mol. The fraction of sp³-hybridized carbons (Fsp3) is 0.364. The number of halogens is 1. The molecule has 0 saturated heterocycles. The van der Waals surface area contributed by atoms with Crippen LogP contribution in [-0.4, -0.2) is 33.2 Å². The van der Waals surface area contributed by atoms with Crippen LogP contribution in [0.2, 0.25) is 0 Å². The van der Waals surface area contributed by atoms with Gasteiger partial charge in [0.05, 0.1) is 23.6 Å². The van der Waals surface area contributed by atoms with Crippen molar-refractivity contribution in [1.82, 2.24) is 0 Å². The van der Waals surface area contributed by atoms with E-state index in [-0.39, 0.29) is 23.6 Å². The van der Waals surface area contributed by atoms with Gasteiger partial charge in [-0.1, -0.05) is 6.07 Å². The van der Waals surface area contributed by atoms with Crippen molar-refractivity contribution in [2.45, 2.75) is 6.92 Å². The molecule has 8 heteroatoms. The van der Waals surface area contributed by atoms with Crippen molar-refractivity contribution in [2.24, 2.45) is 5.73 Å². The summed E-state index contributed by atoms with van der Waals surface area (Å²) in [6, 6.07) is 3.79. The number of ether oxygens (including phenoxy) is 1. The lowest BCUT2D eigenvalue weighted by Crippen LogP contribution is -2.23. The molecule has 0 fully saturated rings. The van der Waals surface area contributed by atoms with Gasteiger partial charge in [-0.2, -0.15) is 0 Å². The number of nitrogens with one attached hydrogen (secondary N) is 2. The Hall–Kier alpha value is -1.67. The fourth-order valence-electron chi connectivity index (χ4n) is 1.41. The molecule has 0 spiro atoms. The zero-order chi connectivity index (χ0) is 14.5. The first kappa shape index (κ1) is 15.4. The lowest BCUT2D eigenvalue weighted by atomic mass is 10.1. The van der Waals surface area contributed by atoms with Gasteiger partial charge >= 0.3 is 0 Å². The minimum atomic E-state index is -3.67. The molecule has 0 aliphatic heterocycles. The van der Waals surface area contributed by atoms with Crippen LogP contribution in [0.3, 0.4) is 0 Å². The third kappa shape index (κ3) is 4.49. The molecule has 19 heavy (non-hydrogen) atoms. The topological polar surface area (TPSA) is 105 Å². The second-order valence-electron chi connectivity index (χ2n) is 3.69. The van der Waals surface area contributed by atoms with Crippen LogP contribution in [0, 0.1) is 11.2 Å². The summed E-state index contributed by atoms with van der Waals surface area (Å²) in [5.74, 6) is -1.55. The molecule has 0 aliphatic carbocycles. The first-order valence-corrected chi connectivity index (χ1v) is 7.23. The maximum absolute atomic E-state index is 13.5. The van der Waals surface area contributed by atoms with Gasteiger partial charge in [-0.3, -0.25) is 10.1 Å². The van der Waals surface area contributed by atoms with Gasteiger partial charge in [-0.15, -0.1) is 0 Å². The molecule has 0 bridgehead atoms. The van der Waals surface area contributed by atoms with Crippen LogP contribution in [-0.2, 0) is 14.8 Å². The molecule has 0 radical (unpaired) electrons. The van der Waals surface area contributed by atoms with E-state index in [2.05, 4.69) is 4.72 Å². The molecule has 0 amide bonds. The van der Waals surface area contributed by atoms with Gasteiger partial charge in [0.2, 0.25) is 10.0 Å². The Labute approximate surface area is 111 Å². The summed E-state index contributed by atoms with van der Waals surface area (Å²) in [6.45, 7) is 2.20. The van der Waals surface area contributed by atoms with E-state index in [9.17, 15) is 12.8 Å². The number of hydrogen-bond acceptors (Lipinski definition) is 4. The zero-order valence-corrected chi connectivity index (χ0v) is 11.3. The molecule has 0 aromatic heterocycles. The number of anilines is 1. The second kappa shape index (κ2) is 6.48. The molecule has 4 N–H and O–H groups in total. The molecule has 0 atom stereocenters. The van der Waals surface area contributed by atoms with Crippen LogP contribution < -0.4 is 10.5 Å². The van der Waals surface area contributed by atoms with E-state index < -0.39 is 21.7 Å². The van der Waals surface area contributed by atoms with Gasteiger partial charge in [-0.25, -0.2) is 12.8 Å². The normalized spacial score (nSPS) is 11.3. The number of nitrogens with two attached hydrogens (primary N) is 1. The smallest absolute Gasteiger partial charge is 0.235 e. The lowest BCUT2D eigenvalue weighted by Gasteiger charge is -2.12. The molecule has 1 aromatic carbocycles. The van der Waals surface area contributed by atoms with Crippen LogP contribution in [0.5, 0.6) is 0 Å². The molecule has 1 rings (SSSR count). The second-order valence-corrected chi connectivity index (χ2v) is 5.54. The predicted molar refractivity (Wildman–Crippen MR) is 71.3 cm³/mol. The standard InChI is InChI=1S/C11H16FN3O3S/c1-2-18-6-7-19(16,17)15-9-5-3-4-8(12)10(9)11(13)14/h3-5,15H,2,6-7H2,1H3,(H3,13,14). The summed E-state index contributed by atoms with van der Waals surface area (Å²) < 4.78 is 44.1. The highest BCUT2D eigenvalue weighted by molar-refractivity contribution is 7.92. The first-order valence-electron chi connectivity index (χ1n) is 5.58. The third-order valence-corrected chi connectivity index (χ3v) is 3.48. The van der Waals surface area contributed by atoms with Gasteiger partial charge in [0, 0.05) is 6.61 Å². The van der Waals surface area contributed by atoms with Crippen molar-refractivity contribution in [1.29, 1.82) is 5.41 Å². The number of amidine groups is 1. The van der Waals surface area contributed by atoms with Crippen LogP contribution >= 0.6 is 0 Å². The summed E-state index contributed by atoms with van der Waals surface area (Å²) >= 11 is 0. The van der Waals surface area contributed by atoms with Crippen molar-refractivity contribution >= 4 is 21.5 Å². The summed E-state index contributed by atoms with van der Waals surface area (Å²) in [7, 11) is -3.67.